The lowest BCUT2D eigenvalue weighted by Gasteiger charge is -2.06. The molecule has 0 saturated heterocycles. The van der Waals surface area contributed by atoms with Crippen molar-refractivity contribution in [3.63, 3.8) is 0 Å². The number of aromatic nitrogens is 3. The Balaban J connectivity index is 2.62. The van der Waals surface area contributed by atoms with Crippen molar-refractivity contribution in [2.75, 3.05) is 0 Å². The molecule has 1 aromatic heterocycles. The van der Waals surface area contributed by atoms with E-state index in [2.05, 4.69) is 26.1 Å². The van der Waals surface area contributed by atoms with Crippen molar-refractivity contribution in [1.29, 1.82) is 0 Å². The lowest BCUT2D eigenvalue weighted by atomic mass is 10.5. The maximum atomic E-state index is 5.43. The maximum Gasteiger partial charge on any atom is 0.158 e. The molecule has 0 N–H and O–H groups in total. The van der Waals surface area contributed by atoms with E-state index in [4.69, 9.17) is 4.74 Å². The van der Waals surface area contributed by atoms with Gasteiger partial charge >= 0.3 is 0 Å². The van der Waals surface area contributed by atoms with Crippen LogP contribution in [-0.4, -0.2) is 20.9 Å². The van der Waals surface area contributed by atoms with Gasteiger partial charge in [0.25, 0.3) is 0 Å². The summed E-state index contributed by atoms with van der Waals surface area (Å²) in [6.45, 7) is 4.53. The molecule has 0 saturated carbocycles. The normalized spacial score (nSPS) is 11.2. The molecule has 1 rings (SSSR count). The largest absolute Gasteiger partial charge is 0.371 e. The van der Waals surface area contributed by atoms with Crippen molar-refractivity contribution < 1.29 is 4.74 Å². The Bertz CT molecular complexity index is 272. The fourth-order valence-electron chi connectivity index (χ4n) is 0.882. The van der Waals surface area contributed by atoms with E-state index in [0.717, 1.165) is 17.0 Å². The smallest absolute Gasteiger partial charge is 0.158 e. The Morgan fingerprint density at radius 1 is 1.38 bits per heavy atom. The number of ether oxygens (including phenoxy) is 1. The molecule has 0 aliphatic carbocycles. The summed E-state index contributed by atoms with van der Waals surface area (Å²) < 4.78 is 7.37. The van der Waals surface area contributed by atoms with Crippen molar-refractivity contribution in [2.24, 2.45) is 7.05 Å². The fourth-order valence-corrected chi connectivity index (χ4v) is 1.37. The molecule has 0 radical (unpaired) electrons. The van der Waals surface area contributed by atoms with E-state index < -0.39 is 0 Å². The van der Waals surface area contributed by atoms with Gasteiger partial charge in [0, 0.05) is 7.05 Å². The maximum absolute atomic E-state index is 5.43. The third-order valence-electron chi connectivity index (χ3n) is 1.72. The van der Waals surface area contributed by atoms with Crippen LogP contribution in [0.2, 0.25) is 0 Å². The number of hydrogen-bond donors (Lipinski definition) is 0. The van der Waals surface area contributed by atoms with Crippen molar-refractivity contribution in [3.8, 4) is 0 Å². The van der Waals surface area contributed by atoms with E-state index >= 15 is 0 Å². The molecule has 1 aromatic rings. The van der Waals surface area contributed by atoms with Gasteiger partial charge in [-0.15, -0.1) is 10.2 Å². The van der Waals surface area contributed by atoms with Crippen LogP contribution in [0.5, 0.6) is 0 Å². The van der Waals surface area contributed by atoms with Crippen molar-refractivity contribution in [1.82, 2.24) is 14.8 Å². The van der Waals surface area contributed by atoms with Crippen LogP contribution in [-0.2, 0) is 23.7 Å². The molecule has 0 bridgehead atoms. The molecule has 5 heteroatoms. The van der Waals surface area contributed by atoms with Gasteiger partial charge in [0.1, 0.15) is 12.4 Å². The minimum atomic E-state index is 0.226. The number of rotatable bonds is 4. The van der Waals surface area contributed by atoms with Gasteiger partial charge in [-0.05, 0) is 13.8 Å². The summed E-state index contributed by atoms with van der Waals surface area (Å²) in [5.74, 6) is 1.78. The average molecular weight is 248 g/mol. The molecule has 0 unspecified atom stereocenters. The summed E-state index contributed by atoms with van der Waals surface area (Å²) in [7, 11) is 1.94. The van der Waals surface area contributed by atoms with Crippen molar-refractivity contribution in [2.45, 2.75) is 31.9 Å². The zero-order chi connectivity index (χ0) is 9.84. The summed E-state index contributed by atoms with van der Waals surface area (Å²) in [4.78, 5) is 0. The zero-order valence-electron chi connectivity index (χ0n) is 8.12. The number of hydrogen-bond acceptors (Lipinski definition) is 3. The quantitative estimate of drug-likeness (QED) is 0.760. The summed E-state index contributed by atoms with van der Waals surface area (Å²) >= 11 is 3.34. The van der Waals surface area contributed by atoms with Gasteiger partial charge in [0.2, 0.25) is 0 Å². The molecule has 74 valence electrons. The van der Waals surface area contributed by atoms with E-state index in [9.17, 15) is 0 Å². The molecule has 13 heavy (non-hydrogen) atoms. The molecule has 4 nitrogen and oxygen atoms in total. The SMILES string of the molecule is CC(C)OCc1nnc(CBr)n1C. The Kier molecular flexibility index (Phi) is 3.87. The van der Waals surface area contributed by atoms with E-state index in [1.165, 1.54) is 0 Å². The van der Waals surface area contributed by atoms with Crippen LogP contribution in [0.4, 0.5) is 0 Å². The average Bonchev–Trinajstić information content (AvgIpc) is 2.43. The number of nitrogens with zero attached hydrogens (tertiary/aromatic N) is 3. The van der Waals surface area contributed by atoms with E-state index in [1.807, 2.05) is 25.5 Å². The van der Waals surface area contributed by atoms with Crippen LogP contribution in [0, 0.1) is 0 Å². The highest BCUT2D eigenvalue weighted by molar-refractivity contribution is 9.08. The van der Waals surface area contributed by atoms with Crippen LogP contribution in [0.15, 0.2) is 0 Å². The van der Waals surface area contributed by atoms with Gasteiger partial charge in [-0.1, -0.05) is 15.9 Å². The number of alkyl halides is 1. The third kappa shape index (κ3) is 2.77. The highest BCUT2D eigenvalue weighted by Gasteiger charge is 2.07. The van der Waals surface area contributed by atoms with Gasteiger partial charge in [-0.3, -0.25) is 0 Å². The first-order valence-corrected chi connectivity index (χ1v) is 5.32. The van der Waals surface area contributed by atoms with Gasteiger partial charge in [-0.2, -0.15) is 0 Å². The Hall–Kier alpha value is -0.420. The van der Waals surface area contributed by atoms with Gasteiger partial charge in [0.05, 0.1) is 11.4 Å². The predicted octanol–water partition coefficient (Wildman–Crippen LogP) is 1.64. The molecule has 0 amide bonds. The van der Waals surface area contributed by atoms with Crippen molar-refractivity contribution in [3.05, 3.63) is 11.6 Å². The van der Waals surface area contributed by atoms with Gasteiger partial charge in [0.15, 0.2) is 5.82 Å². The van der Waals surface area contributed by atoms with Gasteiger partial charge < -0.3 is 9.30 Å². The van der Waals surface area contributed by atoms with Crippen LogP contribution in [0.25, 0.3) is 0 Å². The molecule has 0 spiro atoms. The van der Waals surface area contributed by atoms with E-state index in [1.54, 1.807) is 0 Å². The van der Waals surface area contributed by atoms with Crippen molar-refractivity contribution >= 4 is 15.9 Å². The lowest BCUT2D eigenvalue weighted by molar-refractivity contribution is 0.0597. The van der Waals surface area contributed by atoms with Crippen LogP contribution < -0.4 is 0 Å². The van der Waals surface area contributed by atoms with E-state index in [-0.39, 0.29) is 6.10 Å². The summed E-state index contributed by atoms with van der Waals surface area (Å²) in [6.07, 6.45) is 0.226. The fraction of sp³-hybridized carbons (Fsp3) is 0.750. The monoisotopic (exact) mass is 247 g/mol. The Morgan fingerprint density at radius 3 is 2.46 bits per heavy atom. The third-order valence-corrected chi connectivity index (χ3v) is 2.22. The molecular weight excluding hydrogens is 234 g/mol. The molecule has 0 aliphatic rings. The Labute approximate surface area is 86.4 Å². The predicted molar refractivity (Wildman–Crippen MR) is 53.6 cm³/mol. The van der Waals surface area contributed by atoms with Crippen LogP contribution >= 0.6 is 15.9 Å². The molecular formula is C8H14BrN3O. The Morgan fingerprint density at radius 2 is 2.00 bits per heavy atom. The molecule has 0 fully saturated rings. The zero-order valence-corrected chi connectivity index (χ0v) is 9.71. The topological polar surface area (TPSA) is 39.9 Å². The van der Waals surface area contributed by atoms with Crippen LogP contribution in [0.3, 0.4) is 0 Å². The highest BCUT2D eigenvalue weighted by atomic mass is 79.9. The summed E-state index contributed by atoms with van der Waals surface area (Å²) in [6, 6.07) is 0. The first-order chi connectivity index (χ1) is 6.15. The minimum absolute atomic E-state index is 0.226. The minimum Gasteiger partial charge on any atom is -0.371 e. The second kappa shape index (κ2) is 4.72. The lowest BCUT2D eigenvalue weighted by Crippen LogP contribution is -2.07. The van der Waals surface area contributed by atoms with Gasteiger partial charge in [-0.25, -0.2) is 0 Å². The molecule has 0 aliphatic heterocycles. The first-order valence-electron chi connectivity index (χ1n) is 4.20. The van der Waals surface area contributed by atoms with E-state index in [0.29, 0.717) is 6.61 Å². The first kappa shape index (κ1) is 10.7. The number of halogens is 1. The molecule has 1 heterocycles. The highest BCUT2D eigenvalue weighted by Crippen LogP contribution is 2.05. The van der Waals surface area contributed by atoms with Crippen LogP contribution in [0.1, 0.15) is 25.5 Å². The standard InChI is InChI=1S/C8H14BrN3O/c1-6(2)13-5-8-11-10-7(4-9)12(8)3/h6H,4-5H2,1-3H3. The summed E-state index contributed by atoms with van der Waals surface area (Å²) in [5.41, 5.74) is 0. The second-order valence-electron chi connectivity index (χ2n) is 3.08. The molecule has 0 aromatic carbocycles. The second-order valence-corrected chi connectivity index (χ2v) is 3.65. The molecule has 0 atom stereocenters. The summed E-state index contributed by atoms with van der Waals surface area (Å²) in [5, 5.41) is 8.74.